The zero-order valence-electron chi connectivity index (χ0n) is 13.7. The second-order valence-electron chi connectivity index (χ2n) is 3.59. The first-order valence-corrected chi connectivity index (χ1v) is 6.25. The van der Waals surface area contributed by atoms with Crippen LogP contribution in [0.3, 0.4) is 0 Å². The molecule has 180 valence electrons. The van der Waals surface area contributed by atoms with Crippen LogP contribution in [0.5, 0.6) is 0 Å². The first-order valence-electron chi connectivity index (χ1n) is 6.25. The van der Waals surface area contributed by atoms with Gasteiger partial charge in [0.15, 0.2) is 13.3 Å². The van der Waals surface area contributed by atoms with E-state index in [1.807, 2.05) is 0 Å². The van der Waals surface area contributed by atoms with Crippen LogP contribution in [0, 0.1) is 0 Å². The molecule has 0 aliphatic rings. The highest BCUT2D eigenvalue weighted by molar-refractivity contribution is 4.68. The summed E-state index contributed by atoms with van der Waals surface area (Å²) < 4.78 is 98.1. The van der Waals surface area contributed by atoms with Gasteiger partial charge in [0.1, 0.15) is 13.2 Å². The Bertz CT molecular complexity index is 240. The Kier molecular flexibility index (Phi) is 66.2. The Labute approximate surface area is 166 Å². The lowest BCUT2D eigenvalue weighted by Crippen LogP contribution is -2.25. The molecule has 0 heterocycles. The largest absolute Gasteiger partial charge is 0.371 e. The molecule has 0 N–H and O–H groups in total. The van der Waals surface area contributed by atoms with Gasteiger partial charge in [-0.1, -0.05) is 41.9 Å². The van der Waals surface area contributed by atoms with E-state index in [2.05, 4.69) is 22.6 Å². The van der Waals surface area contributed by atoms with Crippen LogP contribution >= 0.6 is 0 Å². The molecule has 0 radical (unpaired) electrons. The van der Waals surface area contributed by atoms with Gasteiger partial charge in [0, 0.05) is 0 Å². The molecule has 0 aliphatic carbocycles. The van der Waals surface area contributed by atoms with Gasteiger partial charge in [0.2, 0.25) is 0 Å². The van der Waals surface area contributed by atoms with Crippen LogP contribution in [-0.4, -0.2) is 66.0 Å². The summed E-state index contributed by atoms with van der Waals surface area (Å²) in [7, 11) is 1.00. The topological polar surface area (TPSA) is 18.5 Å². The normalized spacial score (nSPS) is 8.64. The molecule has 0 saturated carbocycles. The van der Waals surface area contributed by atoms with Gasteiger partial charge in [-0.25, -0.2) is 26.3 Å². The van der Waals surface area contributed by atoms with E-state index in [0.717, 1.165) is 0 Å². The number of hydrogen-bond acceptors (Lipinski definition) is 2. The minimum absolute atomic E-state index is 0. The molecule has 2 nitrogen and oxygen atoms in total. The SMILES string of the molecule is C.C.C.C.C=CCOCC(F)(F)CF.C=CCOCC(F)(F)CF.CF.CF. The summed E-state index contributed by atoms with van der Waals surface area (Å²) in [5, 5.41) is 0. The third-order valence-electron chi connectivity index (χ3n) is 1.49. The fourth-order valence-electron chi connectivity index (χ4n) is 0.660. The monoisotopic (exact) mass is 440 g/mol. The molecule has 0 bridgehead atoms. The fraction of sp³-hybridized carbons (Fsp3) is 0.778. The Morgan fingerprint density at radius 1 is 0.643 bits per heavy atom. The average Bonchev–Trinajstić information content (AvgIpc) is 2.59. The zero-order valence-corrected chi connectivity index (χ0v) is 13.7. The van der Waals surface area contributed by atoms with Crippen molar-refractivity contribution in [3.05, 3.63) is 25.3 Å². The van der Waals surface area contributed by atoms with Crippen molar-refractivity contribution >= 4 is 0 Å². The van der Waals surface area contributed by atoms with Crippen molar-refractivity contribution in [2.75, 3.05) is 54.1 Å². The smallest absolute Gasteiger partial charge is 0.298 e. The minimum Gasteiger partial charge on any atom is -0.371 e. The van der Waals surface area contributed by atoms with Crippen LogP contribution < -0.4 is 0 Å². The Morgan fingerprint density at radius 2 is 0.857 bits per heavy atom. The average molecular weight is 441 g/mol. The lowest BCUT2D eigenvalue weighted by Gasteiger charge is -2.10. The van der Waals surface area contributed by atoms with Crippen molar-refractivity contribution in [2.24, 2.45) is 0 Å². The van der Waals surface area contributed by atoms with Crippen molar-refractivity contribution < 1.29 is 44.6 Å². The van der Waals surface area contributed by atoms with Crippen LogP contribution in [0.2, 0.25) is 0 Å². The summed E-state index contributed by atoms with van der Waals surface area (Å²) in [6, 6.07) is 0. The summed E-state index contributed by atoms with van der Waals surface area (Å²) in [6.07, 6.45) is 2.66. The van der Waals surface area contributed by atoms with E-state index in [-0.39, 0.29) is 42.9 Å². The molecule has 0 fully saturated rings. The molecule has 10 heteroatoms. The van der Waals surface area contributed by atoms with E-state index in [1.54, 1.807) is 0 Å². The van der Waals surface area contributed by atoms with Gasteiger partial charge in [-0.15, -0.1) is 13.2 Å². The van der Waals surface area contributed by atoms with Crippen LogP contribution in [0.15, 0.2) is 25.3 Å². The van der Waals surface area contributed by atoms with Gasteiger partial charge in [0.05, 0.1) is 27.6 Å². The van der Waals surface area contributed by atoms with Crippen LogP contribution in [0.4, 0.5) is 35.1 Å². The molecule has 0 atom stereocenters. The summed E-state index contributed by atoms with van der Waals surface area (Å²) in [5.41, 5.74) is 0. The van der Waals surface area contributed by atoms with E-state index in [9.17, 15) is 35.1 Å². The number of alkyl halides is 8. The Morgan fingerprint density at radius 3 is 1.00 bits per heavy atom. The standard InChI is InChI=1S/2C6H9F3O.2CH3F.4CH4/c2*1-2-3-10-5-6(8,9)4-7;2*1-2;;;;/h2*2H,1,3-5H2;2*1H3;4*1H4. The van der Waals surface area contributed by atoms with Crippen LogP contribution in [0.25, 0.3) is 0 Å². The summed E-state index contributed by atoms with van der Waals surface area (Å²) >= 11 is 0. The van der Waals surface area contributed by atoms with E-state index < -0.39 is 38.4 Å². The van der Waals surface area contributed by atoms with Gasteiger partial charge in [-0.3, -0.25) is 8.78 Å². The molecule has 0 unspecified atom stereocenters. The highest BCUT2D eigenvalue weighted by Gasteiger charge is 2.29. The fourth-order valence-corrected chi connectivity index (χ4v) is 0.660. The van der Waals surface area contributed by atoms with Crippen molar-refractivity contribution in [3.63, 3.8) is 0 Å². The molecule has 28 heavy (non-hydrogen) atoms. The number of ether oxygens (including phenoxy) is 2. The van der Waals surface area contributed by atoms with Crippen molar-refractivity contribution in [3.8, 4) is 0 Å². The molecule has 0 spiro atoms. The van der Waals surface area contributed by atoms with Gasteiger partial charge >= 0.3 is 0 Å². The second kappa shape index (κ2) is 36.7. The van der Waals surface area contributed by atoms with Crippen molar-refractivity contribution in [1.82, 2.24) is 0 Å². The molecule has 0 aromatic rings. The van der Waals surface area contributed by atoms with E-state index >= 15 is 0 Å². The third-order valence-corrected chi connectivity index (χ3v) is 1.49. The lowest BCUT2D eigenvalue weighted by atomic mass is 10.4. The molecular weight excluding hydrogens is 400 g/mol. The number of hydrogen-bond donors (Lipinski definition) is 0. The van der Waals surface area contributed by atoms with Crippen LogP contribution in [0.1, 0.15) is 29.7 Å². The van der Waals surface area contributed by atoms with Crippen molar-refractivity contribution in [2.45, 2.75) is 41.6 Å². The van der Waals surface area contributed by atoms with E-state index in [1.165, 1.54) is 12.2 Å². The number of rotatable bonds is 10. The highest BCUT2D eigenvalue weighted by Crippen LogP contribution is 2.14. The van der Waals surface area contributed by atoms with Crippen molar-refractivity contribution in [1.29, 1.82) is 0 Å². The quantitative estimate of drug-likeness (QED) is 0.202. The maximum absolute atomic E-state index is 11.9. The minimum atomic E-state index is -3.34. The highest BCUT2D eigenvalue weighted by atomic mass is 19.3. The van der Waals surface area contributed by atoms with Crippen LogP contribution in [-0.2, 0) is 9.47 Å². The van der Waals surface area contributed by atoms with Gasteiger partial charge < -0.3 is 9.47 Å². The Balaban J connectivity index is -0.0000000359. The van der Waals surface area contributed by atoms with E-state index in [0.29, 0.717) is 14.4 Å². The van der Waals surface area contributed by atoms with E-state index in [4.69, 9.17) is 0 Å². The predicted molar refractivity (Wildman–Crippen MR) is 105 cm³/mol. The summed E-state index contributed by atoms with van der Waals surface area (Å²) in [6.45, 7) is 1.42. The van der Waals surface area contributed by atoms with Gasteiger partial charge in [0.25, 0.3) is 11.8 Å². The third kappa shape index (κ3) is 49.8. The molecule has 0 rings (SSSR count). The molecule has 0 amide bonds. The Hall–Kier alpha value is -1.16. The van der Waals surface area contributed by atoms with Gasteiger partial charge in [-0.2, -0.15) is 0 Å². The summed E-state index contributed by atoms with van der Waals surface area (Å²) in [4.78, 5) is 0. The van der Waals surface area contributed by atoms with Gasteiger partial charge in [-0.05, 0) is 0 Å². The lowest BCUT2D eigenvalue weighted by molar-refractivity contribution is -0.0853. The second-order valence-corrected chi connectivity index (χ2v) is 3.59. The molecular formula is C18H40F8O2. The first-order chi connectivity index (χ1) is 11.2. The number of halogens is 8. The maximum Gasteiger partial charge on any atom is 0.298 e. The molecule has 0 aliphatic heterocycles. The summed E-state index contributed by atoms with van der Waals surface area (Å²) in [5.74, 6) is -6.69. The first kappa shape index (κ1) is 50.5. The predicted octanol–water partition coefficient (Wildman–Crippen LogP) is 7.30. The molecule has 0 aromatic heterocycles. The molecule has 0 aromatic carbocycles. The zero-order chi connectivity index (χ0) is 20.1. The maximum atomic E-state index is 11.9. The molecule has 0 saturated heterocycles.